The van der Waals surface area contributed by atoms with Crippen molar-refractivity contribution in [1.82, 2.24) is 9.88 Å². The van der Waals surface area contributed by atoms with E-state index in [1.54, 1.807) is 23.2 Å². The van der Waals surface area contributed by atoms with Crippen LogP contribution in [0.15, 0.2) is 24.5 Å². The van der Waals surface area contributed by atoms with E-state index in [4.69, 9.17) is 5.11 Å². The lowest BCUT2D eigenvalue weighted by Gasteiger charge is -2.21. The smallest absolute Gasteiger partial charge is 0.305 e. The SMILES string of the molecule is O=C(O)CCN(CC1CC1)C(=O)c1cccnc1. The molecule has 0 spiro atoms. The zero-order valence-corrected chi connectivity index (χ0v) is 10.1. The van der Waals surface area contributed by atoms with Crippen LogP contribution >= 0.6 is 0 Å². The summed E-state index contributed by atoms with van der Waals surface area (Å²) in [6, 6.07) is 3.41. The van der Waals surface area contributed by atoms with Gasteiger partial charge in [0.25, 0.3) is 5.91 Å². The first-order valence-electron chi connectivity index (χ1n) is 6.08. The average molecular weight is 248 g/mol. The molecule has 1 fully saturated rings. The molecule has 2 rings (SSSR count). The lowest BCUT2D eigenvalue weighted by molar-refractivity contribution is -0.137. The van der Waals surface area contributed by atoms with Gasteiger partial charge in [0.15, 0.2) is 0 Å². The van der Waals surface area contributed by atoms with Gasteiger partial charge >= 0.3 is 5.97 Å². The minimum Gasteiger partial charge on any atom is -0.481 e. The van der Waals surface area contributed by atoms with Crippen LogP contribution in [0.4, 0.5) is 0 Å². The zero-order valence-electron chi connectivity index (χ0n) is 10.1. The van der Waals surface area contributed by atoms with Crippen LogP contribution in [0.2, 0.25) is 0 Å². The van der Waals surface area contributed by atoms with E-state index in [0.29, 0.717) is 18.0 Å². The first-order valence-corrected chi connectivity index (χ1v) is 6.08. The van der Waals surface area contributed by atoms with E-state index in [-0.39, 0.29) is 18.9 Å². The molecule has 0 aliphatic heterocycles. The van der Waals surface area contributed by atoms with Crippen LogP contribution in [0.1, 0.15) is 29.6 Å². The predicted octanol–water partition coefficient (Wildman–Crippen LogP) is 1.41. The summed E-state index contributed by atoms with van der Waals surface area (Å²) in [6.07, 6.45) is 5.37. The highest BCUT2D eigenvalue weighted by molar-refractivity contribution is 5.94. The number of nitrogens with zero attached hydrogens (tertiary/aromatic N) is 2. The monoisotopic (exact) mass is 248 g/mol. The maximum absolute atomic E-state index is 12.2. The highest BCUT2D eigenvalue weighted by Crippen LogP contribution is 2.30. The third-order valence-corrected chi connectivity index (χ3v) is 2.97. The summed E-state index contributed by atoms with van der Waals surface area (Å²) in [5.41, 5.74) is 0.517. The highest BCUT2D eigenvalue weighted by Gasteiger charge is 2.27. The first kappa shape index (κ1) is 12.5. The number of aromatic nitrogens is 1. The molecule has 0 aromatic carbocycles. The molecule has 1 amide bonds. The van der Waals surface area contributed by atoms with Crippen molar-refractivity contribution < 1.29 is 14.7 Å². The molecule has 0 saturated heterocycles. The van der Waals surface area contributed by atoms with Crippen LogP contribution < -0.4 is 0 Å². The molecule has 1 N–H and O–H groups in total. The molecule has 0 unspecified atom stereocenters. The molecule has 5 heteroatoms. The number of carboxylic acid groups (broad SMARTS) is 1. The van der Waals surface area contributed by atoms with Crippen LogP contribution in [0.5, 0.6) is 0 Å². The van der Waals surface area contributed by atoms with Crippen LogP contribution in [-0.2, 0) is 4.79 Å². The number of aliphatic carboxylic acids is 1. The molecule has 1 heterocycles. The Morgan fingerprint density at radius 3 is 2.78 bits per heavy atom. The van der Waals surface area contributed by atoms with Gasteiger partial charge in [-0.3, -0.25) is 14.6 Å². The van der Waals surface area contributed by atoms with Crippen molar-refractivity contribution in [1.29, 1.82) is 0 Å². The third-order valence-electron chi connectivity index (χ3n) is 2.97. The van der Waals surface area contributed by atoms with Gasteiger partial charge in [0, 0.05) is 25.5 Å². The molecule has 96 valence electrons. The molecule has 0 radical (unpaired) electrons. The summed E-state index contributed by atoms with van der Waals surface area (Å²) >= 11 is 0. The fourth-order valence-electron chi connectivity index (χ4n) is 1.79. The largest absolute Gasteiger partial charge is 0.481 e. The molecule has 5 nitrogen and oxygen atoms in total. The van der Waals surface area contributed by atoms with Gasteiger partial charge in [-0.2, -0.15) is 0 Å². The Kier molecular flexibility index (Phi) is 3.92. The Balaban J connectivity index is 2.02. The van der Waals surface area contributed by atoms with Gasteiger partial charge in [0.2, 0.25) is 0 Å². The van der Waals surface area contributed by atoms with Gasteiger partial charge in [-0.25, -0.2) is 0 Å². The van der Waals surface area contributed by atoms with Crippen molar-refractivity contribution in [3.63, 3.8) is 0 Å². The van der Waals surface area contributed by atoms with E-state index in [0.717, 1.165) is 12.8 Å². The number of hydrogen-bond acceptors (Lipinski definition) is 3. The lowest BCUT2D eigenvalue weighted by Crippen LogP contribution is -2.34. The van der Waals surface area contributed by atoms with Gasteiger partial charge in [0.05, 0.1) is 12.0 Å². The highest BCUT2D eigenvalue weighted by atomic mass is 16.4. The maximum Gasteiger partial charge on any atom is 0.305 e. The molecule has 0 atom stereocenters. The topological polar surface area (TPSA) is 70.5 Å². The summed E-state index contributed by atoms with van der Waals surface area (Å²) in [4.78, 5) is 28.4. The second kappa shape index (κ2) is 5.62. The fourth-order valence-corrected chi connectivity index (χ4v) is 1.79. The lowest BCUT2D eigenvalue weighted by atomic mass is 10.2. The Bertz CT molecular complexity index is 429. The minimum absolute atomic E-state index is 0.0152. The van der Waals surface area contributed by atoms with Gasteiger partial charge in [-0.15, -0.1) is 0 Å². The van der Waals surface area contributed by atoms with Gasteiger partial charge in [-0.1, -0.05) is 0 Å². The van der Waals surface area contributed by atoms with Crippen molar-refractivity contribution in [2.75, 3.05) is 13.1 Å². The van der Waals surface area contributed by atoms with Crippen molar-refractivity contribution in [3.05, 3.63) is 30.1 Å². The standard InChI is InChI=1S/C13H16N2O3/c16-12(17)5-7-15(9-10-3-4-10)13(18)11-2-1-6-14-8-11/h1-2,6,8,10H,3-5,7,9H2,(H,16,17). The summed E-state index contributed by atoms with van der Waals surface area (Å²) in [7, 11) is 0. The number of hydrogen-bond donors (Lipinski definition) is 1. The van der Waals surface area contributed by atoms with Crippen LogP contribution in [0.25, 0.3) is 0 Å². The van der Waals surface area contributed by atoms with E-state index in [1.807, 2.05) is 0 Å². The molecule has 1 aliphatic rings. The molecule has 1 aromatic heterocycles. The number of carbonyl (C=O) groups excluding carboxylic acids is 1. The molecule has 1 aliphatic carbocycles. The average Bonchev–Trinajstić information content (AvgIpc) is 3.18. The third kappa shape index (κ3) is 3.55. The predicted molar refractivity (Wildman–Crippen MR) is 65.1 cm³/mol. The number of amides is 1. The number of pyridine rings is 1. The molecule has 1 saturated carbocycles. The Labute approximate surface area is 105 Å². The van der Waals surface area contributed by atoms with Crippen molar-refractivity contribution in [2.24, 2.45) is 5.92 Å². The first-order chi connectivity index (χ1) is 8.66. The Morgan fingerprint density at radius 1 is 1.44 bits per heavy atom. The number of carboxylic acids is 1. The minimum atomic E-state index is -0.880. The second-order valence-electron chi connectivity index (χ2n) is 4.58. The van der Waals surface area contributed by atoms with Crippen LogP contribution in [0, 0.1) is 5.92 Å². The fraction of sp³-hybridized carbons (Fsp3) is 0.462. The number of rotatable bonds is 6. The van der Waals surface area contributed by atoms with Gasteiger partial charge in [0.1, 0.15) is 0 Å². The second-order valence-corrected chi connectivity index (χ2v) is 4.58. The van der Waals surface area contributed by atoms with E-state index in [9.17, 15) is 9.59 Å². The molecule has 18 heavy (non-hydrogen) atoms. The molecule has 1 aromatic rings. The quantitative estimate of drug-likeness (QED) is 0.826. The Hall–Kier alpha value is -1.91. The van der Waals surface area contributed by atoms with E-state index < -0.39 is 5.97 Å². The zero-order chi connectivity index (χ0) is 13.0. The summed E-state index contributed by atoms with van der Waals surface area (Å²) in [5.74, 6) is -0.467. The van der Waals surface area contributed by atoms with E-state index in [1.165, 1.54) is 6.20 Å². The van der Waals surface area contributed by atoms with Gasteiger partial charge in [-0.05, 0) is 30.9 Å². The maximum atomic E-state index is 12.2. The summed E-state index contributed by atoms with van der Waals surface area (Å²) < 4.78 is 0. The van der Waals surface area contributed by atoms with Crippen molar-refractivity contribution in [3.8, 4) is 0 Å². The summed E-state index contributed by atoms with van der Waals surface area (Å²) in [6.45, 7) is 0.917. The number of carbonyl (C=O) groups is 2. The molecule has 0 bridgehead atoms. The van der Waals surface area contributed by atoms with E-state index >= 15 is 0 Å². The van der Waals surface area contributed by atoms with Crippen LogP contribution in [0.3, 0.4) is 0 Å². The van der Waals surface area contributed by atoms with Crippen LogP contribution in [-0.4, -0.2) is 40.0 Å². The molecular formula is C13H16N2O3. The van der Waals surface area contributed by atoms with Gasteiger partial charge < -0.3 is 10.0 Å². The summed E-state index contributed by atoms with van der Waals surface area (Å²) in [5, 5.41) is 8.71. The molecular weight excluding hydrogens is 232 g/mol. The van der Waals surface area contributed by atoms with E-state index in [2.05, 4.69) is 4.98 Å². The Morgan fingerprint density at radius 2 is 2.22 bits per heavy atom. The normalized spacial score (nSPS) is 14.2. The van der Waals surface area contributed by atoms with Crippen molar-refractivity contribution >= 4 is 11.9 Å². The van der Waals surface area contributed by atoms with Crippen molar-refractivity contribution in [2.45, 2.75) is 19.3 Å².